The topological polar surface area (TPSA) is 38.4 Å². The number of halogens is 2. The largest absolute Gasteiger partial charge is 0.457 e. The Labute approximate surface area is 162 Å². The average molecular weight is 383 g/mol. The standard InChI is InChI=1S/C21H16Cl2N2O/c22-18-7-5-14(12-19(18)23)20-8-6-17(26-20)11-15-3-2-10-25-21(15)16-4-1-9-24-13-16/h1,4-9,11-13H,2-3,10H2. The zero-order valence-electron chi connectivity index (χ0n) is 14.0. The highest BCUT2D eigenvalue weighted by Gasteiger charge is 2.15. The first-order valence-corrected chi connectivity index (χ1v) is 9.17. The zero-order valence-corrected chi connectivity index (χ0v) is 15.5. The average Bonchev–Trinajstić information content (AvgIpc) is 3.14. The van der Waals surface area contributed by atoms with Crippen LogP contribution in [0.4, 0.5) is 0 Å². The molecule has 0 radical (unpaired) electrons. The van der Waals surface area contributed by atoms with Crippen molar-refractivity contribution in [2.45, 2.75) is 12.8 Å². The molecule has 0 saturated heterocycles. The van der Waals surface area contributed by atoms with E-state index in [1.807, 2.05) is 42.6 Å². The Morgan fingerprint density at radius 3 is 2.73 bits per heavy atom. The highest BCUT2D eigenvalue weighted by molar-refractivity contribution is 6.42. The van der Waals surface area contributed by atoms with E-state index in [-0.39, 0.29) is 0 Å². The summed E-state index contributed by atoms with van der Waals surface area (Å²) in [4.78, 5) is 8.90. The van der Waals surface area contributed by atoms with Gasteiger partial charge in [0.05, 0.1) is 15.8 Å². The maximum Gasteiger partial charge on any atom is 0.134 e. The smallest absolute Gasteiger partial charge is 0.134 e. The van der Waals surface area contributed by atoms with Gasteiger partial charge < -0.3 is 4.42 Å². The summed E-state index contributed by atoms with van der Waals surface area (Å²) in [5.41, 5.74) is 4.10. The van der Waals surface area contributed by atoms with Crippen molar-refractivity contribution in [3.8, 4) is 11.3 Å². The van der Waals surface area contributed by atoms with Gasteiger partial charge in [-0.3, -0.25) is 9.98 Å². The van der Waals surface area contributed by atoms with Crippen LogP contribution in [-0.2, 0) is 0 Å². The van der Waals surface area contributed by atoms with Crippen LogP contribution in [0.25, 0.3) is 17.4 Å². The fourth-order valence-corrected chi connectivity index (χ4v) is 3.31. The highest BCUT2D eigenvalue weighted by Crippen LogP contribution is 2.30. The maximum absolute atomic E-state index is 6.11. The third kappa shape index (κ3) is 3.59. The van der Waals surface area contributed by atoms with Crippen molar-refractivity contribution in [3.63, 3.8) is 0 Å². The first-order chi connectivity index (χ1) is 12.7. The van der Waals surface area contributed by atoms with Gasteiger partial charge >= 0.3 is 0 Å². The zero-order chi connectivity index (χ0) is 17.9. The van der Waals surface area contributed by atoms with Gasteiger partial charge in [0.25, 0.3) is 0 Å². The van der Waals surface area contributed by atoms with Crippen molar-refractivity contribution in [1.82, 2.24) is 4.98 Å². The predicted molar refractivity (Wildman–Crippen MR) is 107 cm³/mol. The lowest BCUT2D eigenvalue weighted by atomic mass is 9.96. The first kappa shape index (κ1) is 17.1. The maximum atomic E-state index is 6.11. The Bertz CT molecular complexity index is 990. The second kappa shape index (κ2) is 7.48. The number of furan rings is 1. The first-order valence-electron chi connectivity index (χ1n) is 8.42. The molecule has 1 aromatic carbocycles. The Morgan fingerprint density at radius 1 is 1.00 bits per heavy atom. The Kier molecular flexibility index (Phi) is 4.91. The minimum absolute atomic E-state index is 0.513. The fourth-order valence-electron chi connectivity index (χ4n) is 3.01. The number of allylic oxidation sites excluding steroid dienone is 1. The molecule has 0 spiro atoms. The quantitative estimate of drug-likeness (QED) is 0.531. The molecule has 0 aliphatic carbocycles. The van der Waals surface area contributed by atoms with E-state index in [9.17, 15) is 0 Å². The third-order valence-corrected chi connectivity index (χ3v) is 5.00. The van der Waals surface area contributed by atoms with E-state index in [4.69, 9.17) is 32.6 Å². The number of benzene rings is 1. The lowest BCUT2D eigenvalue weighted by molar-refractivity contribution is 0.571. The van der Waals surface area contributed by atoms with Gasteiger partial charge in [-0.15, -0.1) is 0 Å². The predicted octanol–water partition coefficient (Wildman–Crippen LogP) is 6.31. The molecule has 0 bridgehead atoms. The van der Waals surface area contributed by atoms with E-state index in [1.165, 1.54) is 5.57 Å². The van der Waals surface area contributed by atoms with Crippen molar-refractivity contribution in [2.75, 3.05) is 6.54 Å². The van der Waals surface area contributed by atoms with Crippen molar-refractivity contribution in [2.24, 2.45) is 4.99 Å². The van der Waals surface area contributed by atoms with Crippen molar-refractivity contribution in [1.29, 1.82) is 0 Å². The van der Waals surface area contributed by atoms with Gasteiger partial charge in [-0.25, -0.2) is 0 Å². The number of pyridine rings is 1. The van der Waals surface area contributed by atoms with Crippen LogP contribution < -0.4 is 0 Å². The molecule has 3 aromatic rings. The minimum Gasteiger partial charge on any atom is -0.457 e. The van der Waals surface area contributed by atoms with Crippen molar-refractivity contribution >= 4 is 35.0 Å². The van der Waals surface area contributed by atoms with Gasteiger partial charge in [0.1, 0.15) is 11.5 Å². The Morgan fingerprint density at radius 2 is 1.92 bits per heavy atom. The van der Waals surface area contributed by atoms with E-state index >= 15 is 0 Å². The number of aromatic nitrogens is 1. The molecule has 3 nitrogen and oxygen atoms in total. The normalized spacial score (nSPS) is 15.9. The summed E-state index contributed by atoms with van der Waals surface area (Å²) < 4.78 is 6.00. The highest BCUT2D eigenvalue weighted by atomic mass is 35.5. The van der Waals surface area contributed by atoms with Gasteiger partial charge in [0, 0.05) is 30.1 Å². The molecule has 0 N–H and O–H groups in total. The van der Waals surface area contributed by atoms with Crippen molar-refractivity contribution < 1.29 is 4.42 Å². The number of hydrogen-bond acceptors (Lipinski definition) is 3. The molecule has 0 fully saturated rings. The number of nitrogens with zero attached hydrogens (tertiary/aromatic N) is 2. The van der Waals surface area contributed by atoms with E-state index in [2.05, 4.69) is 11.1 Å². The van der Waals surface area contributed by atoms with E-state index in [0.717, 1.165) is 47.7 Å². The van der Waals surface area contributed by atoms with Crippen LogP contribution in [0.1, 0.15) is 24.2 Å². The van der Waals surface area contributed by atoms with Gasteiger partial charge in [0.2, 0.25) is 0 Å². The summed E-state index contributed by atoms with van der Waals surface area (Å²) in [6, 6.07) is 13.3. The molecule has 130 valence electrons. The Hall–Kier alpha value is -2.36. The van der Waals surface area contributed by atoms with Crippen LogP contribution in [0.2, 0.25) is 10.0 Å². The molecular weight excluding hydrogens is 367 g/mol. The van der Waals surface area contributed by atoms with Crippen LogP contribution in [-0.4, -0.2) is 17.2 Å². The van der Waals surface area contributed by atoms with Crippen LogP contribution in [0.3, 0.4) is 0 Å². The molecule has 1 aliphatic heterocycles. The van der Waals surface area contributed by atoms with E-state index in [0.29, 0.717) is 10.0 Å². The summed E-state index contributed by atoms with van der Waals surface area (Å²) in [7, 11) is 0. The van der Waals surface area contributed by atoms with Gasteiger partial charge in [-0.05, 0) is 67.0 Å². The summed E-state index contributed by atoms with van der Waals surface area (Å²) in [6.45, 7) is 0.842. The molecular formula is C21H16Cl2N2O. The molecule has 0 unspecified atom stereocenters. The number of rotatable bonds is 3. The summed E-state index contributed by atoms with van der Waals surface area (Å²) in [5, 5.41) is 1.04. The molecule has 3 heterocycles. The van der Waals surface area contributed by atoms with Crippen LogP contribution in [0.5, 0.6) is 0 Å². The molecule has 1 aliphatic rings. The molecule has 5 heteroatoms. The molecule has 2 aromatic heterocycles. The van der Waals surface area contributed by atoms with Crippen LogP contribution in [0, 0.1) is 0 Å². The molecule has 26 heavy (non-hydrogen) atoms. The molecule has 0 atom stereocenters. The minimum atomic E-state index is 0.513. The second-order valence-corrected chi connectivity index (χ2v) is 6.89. The summed E-state index contributed by atoms with van der Waals surface area (Å²) in [6.07, 6.45) is 7.69. The van der Waals surface area contributed by atoms with E-state index in [1.54, 1.807) is 12.3 Å². The lowest BCUT2D eigenvalue weighted by Crippen LogP contribution is -2.11. The third-order valence-electron chi connectivity index (χ3n) is 4.26. The van der Waals surface area contributed by atoms with E-state index < -0.39 is 0 Å². The van der Waals surface area contributed by atoms with Gasteiger partial charge in [-0.2, -0.15) is 0 Å². The number of aliphatic imine (C=N–C) groups is 1. The van der Waals surface area contributed by atoms with Gasteiger partial charge in [0.15, 0.2) is 0 Å². The summed E-state index contributed by atoms with van der Waals surface area (Å²) >= 11 is 12.1. The monoisotopic (exact) mass is 382 g/mol. The molecule has 4 rings (SSSR count). The SMILES string of the molecule is Clc1ccc(-c2ccc(C=C3CCCN=C3c3cccnc3)o2)cc1Cl. The molecule has 0 amide bonds. The second-order valence-electron chi connectivity index (χ2n) is 6.08. The van der Waals surface area contributed by atoms with Crippen LogP contribution in [0.15, 0.2) is 69.8 Å². The van der Waals surface area contributed by atoms with Crippen molar-refractivity contribution in [3.05, 3.63) is 81.8 Å². The fraction of sp³-hybridized carbons (Fsp3) is 0.143. The van der Waals surface area contributed by atoms with Crippen LogP contribution >= 0.6 is 23.2 Å². The summed E-state index contributed by atoms with van der Waals surface area (Å²) in [5.74, 6) is 1.55. The molecule has 0 saturated carbocycles. The number of hydrogen-bond donors (Lipinski definition) is 0. The Balaban J connectivity index is 1.65. The lowest BCUT2D eigenvalue weighted by Gasteiger charge is -2.15. The van der Waals surface area contributed by atoms with Gasteiger partial charge in [-0.1, -0.05) is 23.2 Å².